The lowest BCUT2D eigenvalue weighted by Gasteiger charge is -2.16. The van der Waals surface area contributed by atoms with E-state index in [-0.39, 0.29) is 17.5 Å². The van der Waals surface area contributed by atoms with Gasteiger partial charge in [-0.2, -0.15) is 0 Å². The molecule has 0 bridgehead atoms. The molecule has 0 amide bonds. The highest BCUT2D eigenvalue weighted by atomic mass is 19.1. The van der Waals surface area contributed by atoms with Gasteiger partial charge in [-0.05, 0) is 60.4 Å². The van der Waals surface area contributed by atoms with Gasteiger partial charge >= 0.3 is 0 Å². The van der Waals surface area contributed by atoms with E-state index in [2.05, 4.69) is 30.5 Å². The van der Waals surface area contributed by atoms with E-state index in [9.17, 15) is 9.50 Å². The van der Waals surface area contributed by atoms with Crippen molar-refractivity contribution in [1.29, 1.82) is 0 Å². The molecule has 1 heterocycles. The Labute approximate surface area is 158 Å². The fourth-order valence-electron chi connectivity index (χ4n) is 3.80. The molecule has 0 unspecified atom stereocenters. The third-order valence-electron chi connectivity index (χ3n) is 5.00. The SMILES string of the molecule is Cc1cc(-n2c(C(C)C)c(-c3ccccc3)c3cc(O)ccc32)ccc1F. The number of benzene rings is 3. The van der Waals surface area contributed by atoms with Crippen LogP contribution in [0.15, 0.2) is 66.7 Å². The molecule has 0 saturated carbocycles. The Balaban J connectivity index is 2.15. The molecule has 0 aliphatic carbocycles. The molecule has 3 heteroatoms. The summed E-state index contributed by atoms with van der Waals surface area (Å²) in [4.78, 5) is 0. The van der Waals surface area contributed by atoms with Crippen LogP contribution in [0.3, 0.4) is 0 Å². The van der Waals surface area contributed by atoms with Crippen molar-refractivity contribution in [2.24, 2.45) is 0 Å². The summed E-state index contributed by atoms with van der Waals surface area (Å²) in [6.45, 7) is 6.10. The molecule has 2 nitrogen and oxygen atoms in total. The lowest BCUT2D eigenvalue weighted by Crippen LogP contribution is -2.04. The van der Waals surface area contributed by atoms with Crippen LogP contribution in [-0.2, 0) is 0 Å². The van der Waals surface area contributed by atoms with Crippen LogP contribution in [-0.4, -0.2) is 9.67 Å². The van der Waals surface area contributed by atoms with Crippen LogP contribution in [0.1, 0.15) is 31.0 Å². The zero-order chi connectivity index (χ0) is 19.1. The average Bonchev–Trinajstić information content (AvgIpc) is 2.99. The molecule has 0 radical (unpaired) electrons. The van der Waals surface area contributed by atoms with Gasteiger partial charge in [0, 0.05) is 22.3 Å². The quantitative estimate of drug-likeness (QED) is 0.439. The Kier molecular flexibility index (Phi) is 4.23. The average molecular weight is 359 g/mol. The predicted octanol–water partition coefficient (Wildman–Crippen LogP) is 6.57. The number of aromatic hydroxyl groups is 1. The van der Waals surface area contributed by atoms with E-state index in [4.69, 9.17) is 0 Å². The van der Waals surface area contributed by atoms with Crippen LogP contribution in [0.2, 0.25) is 0 Å². The lowest BCUT2D eigenvalue weighted by atomic mass is 9.97. The van der Waals surface area contributed by atoms with Gasteiger partial charge in [-0.25, -0.2) is 4.39 Å². The van der Waals surface area contributed by atoms with E-state index in [1.165, 1.54) is 6.07 Å². The highest BCUT2D eigenvalue weighted by molar-refractivity contribution is 6.00. The molecular weight excluding hydrogens is 337 g/mol. The molecule has 1 aromatic heterocycles. The second kappa shape index (κ2) is 6.58. The first-order chi connectivity index (χ1) is 13.0. The molecule has 1 N–H and O–H groups in total. The molecule has 27 heavy (non-hydrogen) atoms. The number of rotatable bonds is 3. The molecule has 0 atom stereocenters. The van der Waals surface area contributed by atoms with Gasteiger partial charge in [0.1, 0.15) is 11.6 Å². The zero-order valence-corrected chi connectivity index (χ0v) is 15.7. The van der Waals surface area contributed by atoms with Crippen molar-refractivity contribution in [2.45, 2.75) is 26.7 Å². The van der Waals surface area contributed by atoms with E-state index >= 15 is 0 Å². The summed E-state index contributed by atoms with van der Waals surface area (Å²) in [5.74, 6) is 0.268. The number of fused-ring (bicyclic) bond motifs is 1. The third kappa shape index (κ3) is 2.89. The monoisotopic (exact) mass is 359 g/mol. The van der Waals surface area contributed by atoms with Gasteiger partial charge < -0.3 is 9.67 Å². The maximum atomic E-state index is 13.9. The maximum Gasteiger partial charge on any atom is 0.126 e. The summed E-state index contributed by atoms with van der Waals surface area (Å²) >= 11 is 0. The molecule has 0 saturated heterocycles. The van der Waals surface area contributed by atoms with Gasteiger partial charge in [-0.3, -0.25) is 0 Å². The minimum Gasteiger partial charge on any atom is -0.508 e. The van der Waals surface area contributed by atoms with Gasteiger partial charge in [-0.15, -0.1) is 0 Å². The molecule has 0 spiro atoms. The van der Waals surface area contributed by atoms with Crippen LogP contribution in [0.25, 0.3) is 27.7 Å². The van der Waals surface area contributed by atoms with Crippen LogP contribution >= 0.6 is 0 Å². The Bertz CT molecular complexity index is 1130. The Morgan fingerprint density at radius 3 is 2.33 bits per heavy atom. The third-order valence-corrected chi connectivity index (χ3v) is 5.00. The van der Waals surface area contributed by atoms with Crippen molar-refractivity contribution in [3.8, 4) is 22.6 Å². The van der Waals surface area contributed by atoms with Crippen molar-refractivity contribution in [3.05, 3.63) is 83.8 Å². The molecule has 0 aliphatic rings. The molecule has 136 valence electrons. The van der Waals surface area contributed by atoms with Crippen LogP contribution in [0.4, 0.5) is 4.39 Å². The van der Waals surface area contributed by atoms with Gasteiger partial charge in [0.2, 0.25) is 0 Å². The molecule has 0 aliphatic heterocycles. The maximum absolute atomic E-state index is 13.9. The van der Waals surface area contributed by atoms with Crippen LogP contribution in [0.5, 0.6) is 5.75 Å². The number of aryl methyl sites for hydroxylation is 1. The van der Waals surface area contributed by atoms with E-state index in [0.717, 1.165) is 33.4 Å². The summed E-state index contributed by atoms with van der Waals surface area (Å²) < 4.78 is 16.1. The minimum atomic E-state index is -0.206. The summed E-state index contributed by atoms with van der Waals surface area (Å²) in [6.07, 6.45) is 0. The first-order valence-corrected chi connectivity index (χ1v) is 9.16. The second-order valence-electron chi connectivity index (χ2n) is 7.25. The van der Waals surface area contributed by atoms with Gasteiger partial charge in [0.15, 0.2) is 0 Å². The molecular formula is C24H22FNO. The topological polar surface area (TPSA) is 25.2 Å². The van der Waals surface area contributed by atoms with Gasteiger partial charge in [-0.1, -0.05) is 44.2 Å². The van der Waals surface area contributed by atoms with E-state index in [1.54, 1.807) is 13.0 Å². The zero-order valence-electron chi connectivity index (χ0n) is 15.7. The lowest BCUT2D eigenvalue weighted by molar-refractivity contribution is 0.476. The molecule has 3 aromatic carbocycles. The molecule has 0 fully saturated rings. The Morgan fingerprint density at radius 2 is 1.67 bits per heavy atom. The van der Waals surface area contributed by atoms with Crippen molar-refractivity contribution < 1.29 is 9.50 Å². The first-order valence-electron chi connectivity index (χ1n) is 9.16. The number of halogens is 1. The number of phenolic OH excluding ortho intramolecular Hbond substituents is 1. The number of hydrogen-bond acceptors (Lipinski definition) is 1. The van der Waals surface area contributed by atoms with Crippen LogP contribution < -0.4 is 0 Å². The number of hydrogen-bond donors (Lipinski definition) is 1. The molecule has 4 aromatic rings. The highest BCUT2D eigenvalue weighted by Gasteiger charge is 2.22. The number of aromatic nitrogens is 1. The van der Waals surface area contributed by atoms with E-state index in [1.807, 2.05) is 42.5 Å². The first kappa shape index (κ1) is 17.3. The van der Waals surface area contributed by atoms with Gasteiger partial charge in [0.25, 0.3) is 0 Å². The van der Waals surface area contributed by atoms with Crippen molar-refractivity contribution in [2.75, 3.05) is 0 Å². The Morgan fingerprint density at radius 1 is 0.926 bits per heavy atom. The normalized spacial score (nSPS) is 11.4. The highest BCUT2D eigenvalue weighted by Crippen LogP contribution is 2.41. The summed E-state index contributed by atoms with van der Waals surface area (Å²) in [7, 11) is 0. The largest absolute Gasteiger partial charge is 0.508 e. The smallest absolute Gasteiger partial charge is 0.126 e. The Hall–Kier alpha value is -3.07. The van der Waals surface area contributed by atoms with E-state index in [0.29, 0.717) is 5.56 Å². The number of phenols is 1. The fraction of sp³-hybridized carbons (Fsp3) is 0.167. The fourth-order valence-corrected chi connectivity index (χ4v) is 3.80. The minimum absolute atomic E-state index is 0.206. The van der Waals surface area contributed by atoms with Crippen LogP contribution in [0, 0.1) is 12.7 Å². The van der Waals surface area contributed by atoms with Crippen molar-refractivity contribution in [1.82, 2.24) is 4.57 Å². The predicted molar refractivity (Wildman–Crippen MR) is 109 cm³/mol. The summed E-state index contributed by atoms with van der Waals surface area (Å²) in [5, 5.41) is 11.1. The van der Waals surface area contributed by atoms with Gasteiger partial charge in [0.05, 0.1) is 5.52 Å². The summed E-state index contributed by atoms with van der Waals surface area (Å²) in [5.41, 5.74) is 5.90. The van der Waals surface area contributed by atoms with E-state index < -0.39 is 0 Å². The van der Waals surface area contributed by atoms with Crippen molar-refractivity contribution >= 4 is 10.9 Å². The number of nitrogens with zero attached hydrogens (tertiary/aromatic N) is 1. The second-order valence-corrected chi connectivity index (χ2v) is 7.25. The standard InChI is InChI=1S/C24H22FNO/c1-15(2)24-23(17-7-5-4-6-8-17)20-14-19(27)10-12-22(20)26(24)18-9-11-21(25)16(3)13-18/h4-15,27H,1-3H3. The molecule has 4 rings (SSSR count). The summed E-state index contributed by atoms with van der Waals surface area (Å²) in [6, 6.07) is 20.9. The van der Waals surface area contributed by atoms with Crippen molar-refractivity contribution in [3.63, 3.8) is 0 Å².